The fraction of sp³-hybridized carbons (Fsp3) is 0.263. The number of nitrogens with zero attached hydrogens (tertiary/aromatic N) is 6. The molecule has 0 aliphatic heterocycles. The van der Waals surface area contributed by atoms with Gasteiger partial charge in [0.2, 0.25) is 11.7 Å². The number of tetrazole rings is 1. The van der Waals surface area contributed by atoms with E-state index in [0.717, 1.165) is 15.9 Å². The average Bonchev–Trinajstić information content (AvgIpc) is 3.15. The Kier molecular flexibility index (Phi) is 6.46. The molecule has 0 unspecified atom stereocenters. The van der Waals surface area contributed by atoms with Crippen LogP contribution in [0.25, 0.3) is 0 Å². The molecule has 1 N–H and O–H groups in total. The number of carbonyl (C=O) groups is 1. The highest BCUT2D eigenvalue weighted by atomic mass is 16.6. The van der Waals surface area contributed by atoms with Crippen molar-refractivity contribution in [2.24, 2.45) is 5.16 Å². The van der Waals surface area contributed by atoms with Gasteiger partial charge in [-0.15, -0.1) is 10.2 Å². The fourth-order valence-electron chi connectivity index (χ4n) is 2.28. The van der Waals surface area contributed by atoms with E-state index in [4.69, 9.17) is 14.7 Å². The number of carboxylic acid groups (broad SMARTS) is 1. The monoisotopic (exact) mass is 396 g/mol. The van der Waals surface area contributed by atoms with Crippen molar-refractivity contribution in [3.05, 3.63) is 65.1 Å². The number of aryl methyl sites for hydroxylation is 1. The van der Waals surface area contributed by atoms with E-state index in [1.165, 1.54) is 5.56 Å². The Morgan fingerprint density at radius 2 is 1.97 bits per heavy atom. The predicted molar refractivity (Wildman–Crippen MR) is 102 cm³/mol. The second kappa shape index (κ2) is 9.40. The molecule has 0 aliphatic rings. The van der Waals surface area contributed by atoms with Crippen LogP contribution >= 0.6 is 0 Å². The van der Waals surface area contributed by atoms with Gasteiger partial charge in [-0.2, -0.15) is 4.80 Å². The smallest absolute Gasteiger partial charge is 0.327 e. The summed E-state index contributed by atoms with van der Waals surface area (Å²) in [6.45, 7) is 3.93. The second-order valence-corrected chi connectivity index (χ2v) is 6.24. The fourth-order valence-corrected chi connectivity index (χ4v) is 2.28. The molecule has 0 bridgehead atoms. The lowest BCUT2D eigenvalue weighted by molar-refractivity contribution is -0.138. The maximum Gasteiger partial charge on any atom is 0.327 e. The molecule has 150 valence electrons. The third-order valence-corrected chi connectivity index (χ3v) is 3.83. The predicted octanol–water partition coefficient (Wildman–Crippen LogP) is 1.98. The molecule has 0 fully saturated rings. The molecular weight excluding hydrogens is 376 g/mol. The number of hydrogen-bond acceptors (Lipinski definition) is 8. The van der Waals surface area contributed by atoms with Gasteiger partial charge in [-0.25, -0.2) is 4.98 Å². The minimum absolute atomic E-state index is 0.0265. The van der Waals surface area contributed by atoms with E-state index in [1.54, 1.807) is 12.3 Å². The maximum absolute atomic E-state index is 10.6. The van der Waals surface area contributed by atoms with Crippen molar-refractivity contribution < 1.29 is 19.5 Å². The molecule has 0 aliphatic carbocycles. The summed E-state index contributed by atoms with van der Waals surface area (Å²) >= 11 is 0. The second-order valence-electron chi connectivity index (χ2n) is 6.24. The van der Waals surface area contributed by atoms with Crippen molar-refractivity contribution in [2.45, 2.75) is 33.6 Å². The van der Waals surface area contributed by atoms with E-state index in [0.29, 0.717) is 18.2 Å². The zero-order valence-electron chi connectivity index (χ0n) is 16.0. The number of hydrogen-bond donors (Lipinski definition) is 1. The third-order valence-electron chi connectivity index (χ3n) is 3.83. The molecular formula is C19H20N6O4. The lowest BCUT2D eigenvalue weighted by Crippen LogP contribution is -2.12. The van der Waals surface area contributed by atoms with Gasteiger partial charge < -0.3 is 14.7 Å². The molecule has 0 saturated heterocycles. The summed E-state index contributed by atoms with van der Waals surface area (Å²) in [5.74, 6) is -0.414. The van der Waals surface area contributed by atoms with Crippen molar-refractivity contribution in [3.63, 3.8) is 0 Å². The summed E-state index contributed by atoms with van der Waals surface area (Å²) in [6, 6.07) is 11.6. The molecule has 0 atom stereocenters. The first-order chi connectivity index (χ1) is 14.0. The normalized spacial score (nSPS) is 11.3. The van der Waals surface area contributed by atoms with Crippen molar-refractivity contribution in [2.75, 3.05) is 0 Å². The topological polar surface area (TPSA) is 125 Å². The maximum atomic E-state index is 10.6. The number of rotatable bonds is 9. The Labute approximate surface area is 166 Å². The molecule has 29 heavy (non-hydrogen) atoms. The molecule has 0 amide bonds. The number of oxime groups is 1. The molecule has 10 nitrogen and oxygen atoms in total. The van der Waals surface area contributed by atoms with E-state index in [9.17, 15) is 4.79 Å². The standard InChI is InChI=1S/C19H20N6O4/c1-13-3-5-15(6-4-13)11-29-23-14(2)16-7-8-18(20-9-16)28-12-17-21-24-25(22-17)10-19(26)27/h3-9H,10-12H2,1-2H3,(H,26,27)/b23-14+. The molecule has 1 aromatic carbocycles. The van der Waals surface area contributed by atoms with Crippen LogP contribution in [0.2, 0.25) is 0 Å². The van der Waals surface area contributed by atoms with Crippen LogP contribution in [0.4, 0.5) is 0 Å². The van der Waals surface area contributed by atoms with E-state index in [-0.39, 0.29) is 19.0 Å². The largest absolute Gasteiger partial charge is 0.480 e. The van der Waals surface area contributed by atoms with Gasteiger partial charge in [-0.3, -0.25) is 4.79 Å². The van der Waals surface area contributed by atoms with Crippen LogP contribution < -0.4 is 4.74 Å². The van der Waals surface area contributed by atoms with Gasteiger partial charge in [0.25, 0.3) is 0 Å². The zero-order chi connectivity index (χ0) is 20.6. The van der Waals surface area contributed by atoms with Crippen LogP contribution in [0.5, 0.6) is 5.88 Å². The highest BCUT2D eigenvalue weighted by molar-refractivity contribution is 5.98. The lowest BCUT2D eigenvalue weighted by Gasteiger charge is -2.05. The van der Waals surface area contributed by atoms with Gasteiger partial charge in [-0.1, -0.05) is 35.0 Å². The van der Waals surface area contributed by atoms with Crippen molar-refractivity contribution in [1.82, 2.24) is 25.2 Å². The van der Waals surface area contributed by atoms with E-state index in [1.807, 2.05) is 44.2 Å². The van der Waals surface area contributed by atoms with Crippen LogP contribution in [-0.4, -0.2) is 42.0 Å². The van der Waals surface area contributed by atoms with Crippen molar-refractivity contribution in [1.29, 1.82) is 0 Å². The molecule has 10 heteroatoms. The Morgan fingerprint density at radius 3 is 2.66 bits per heavy atom. The molecule has 0 radical (unpaired) electrons. The van der Waals surface area contributed by atoms with Gasteiger partial charge in [0.15, 0.2) is 13.2 Å². The van der Waals surface area contributed by atoms with E-state index >= 15 is 0 Å². The quantitative estimate of drug-likeness (QED) is 0.430. The lowest BCUT2D eigenvalue weighted by atomic mass is 10.2. The van der Waals surface area contributed by atoms with Crippen molar-refractivity contribution in [3.8, 4) is 5.88 Å². The molecule has 0 saturated carbocycles. The number of aromatic nitrogens is 5. The molecule has 3 aromatic rings. The summed E-state index contributed by atoms with van der Waals surface area (Å²) < 4.78 is 5.49. The first kappa shape index (κ1) is 19.9. The van der Waals surface area contributed by atoms with Crippen LogP contribution in [0.15, 0.2) is 47.8 Å². The number of aliphatic carboxylic acids is 1. The molecule has 2 heterocycles. The minimum atomic E-state index is -1.05. The Morgan fingerprint density at radius 1 is 1.17 bits per heavy atom. The average molecular weight is 396 g/mol. The van der Waals surface area contributed by atoms with Crippen LogP contribution in [0.3, 0.4) is 0 Å². The van der Waals surface area contributed by atoms with E-state index < -0.39 is 5.97 Å². The highest BCUT2D eigenvalue weighted by Crippen LogP contribution is 2.11. The SMILES string of the molecule is C/C(=N\OCc1ccc(C)cc1)c1ccc(OCc2nnn(CC(=O)O)n2)nc1. The molecule has 2 aromatic heterocycles. The molecule has 0 spiro atoms. The highest BCUT2D eigenvalue weighted by Gasteiger charge is 2.08. The Bertz CT molecular complexity index is 983. The summed E-state index contributed by atoms with van der Waals surface area (Å²) in [6.07, 6.45) is 1.62. The van der Waals surface area contributed by atoms with Crippen molar-refractivity contribution >= 4 is 11.7 Å². The number of benzene rings is 1. The number of ether oxygens (including phenoxy) is 1. The van der Waals surface area contributed by atoms with E-state index in [2.05, 4.69) is 25.6 Å². The number of pyridine rings is 1. The van der Waals surface area contributed by atoms with Gasteiger partial charge in [-0.05, 0) is 30.7 Å². The zero-order valence-corrected chi connectivity index (χ0v) is 16.0. The Balaban J connectivity index is 1.50. The first-order valence-corrected chi connectivity index (χ1v) is 8.79. The van der Waals surface area contributed by atoms with Gasteiger partial charge in [0, 0.05) is 17.8 Å². The van der Waals surface area contributed by atoms with Gasteiger partial charge >= 0.3 is 5.97 Å². The summed E-state index contributed by atoms with van der Waals surface area (Å²) in [7, 11) is 0. The van der Waals surface area contributed by atoms with Crippen LogP contribution in [0, 0.1) is 6.92 Å². The summed E-state index contributed by atoms with van der Waals surface area (Å²) in [4.78, 5) is 21.2. The minimum Gasteiger partial charge on any atom is -0.480 e. The number of carboxylic acids is 1. The summed E-state index contributed by atoms with van der Waals surface area (Å²) in [5, 5.41) is 24.1. The molecule has 3 rings (SSSR count). The Hall–Kier alpha value is -3.82. The summed E-state index contributed by atoms with van der Waals surface area (Å²) in [5.41, 5.74) is 3.73. The van der Waals surface area contributed by atoms with Crippen LogP contribution in [0.1, 0.15) is 29.4 Å². The third kappa shape index (κ3) is 6.09. The van der Waals surface area contributed by atoms with Gasteiger partial charge in [0.1, 0.15) is 6.61 Å². The first-order valence-electron chi connectivity index (χ1n) is 8.79. The van der Waals surface area contributed by atoms with Crippen LogP contribution in [-0.2, 0) is 29.4 Å². The van der Waals surface area contributed by atoms with Gasteiger partial charge in [0.05, 0.1) is 5.71 Å².